The topological polar surface area (TPSA) is 44.4 Å². The van der Waals surface area contributed by atoms with Gasteiger partial charge < -0.3 is 15.5 Å². The molecule has 0 bridgehead atoms. The number of nitrogens with one attached hydrogen (secondary N) is 2. The highest BCUT2D eigenvalue weighted by atomic mass is 16.2. The minimum atomic E-state index is 0.0673. The molecule has 3 aliphatic rings. The van der Waals surface area contributed by atoms with Gasteiger partial charge in [-0.05, 0) is 81.4 Å². The van der Waals surface area contributed by atoms with E-state index >= 15 is 0 Å². The van der Waals surface area contributed by atoms with Crippen molar-refractivity contribution in [1.82, 2.24) is 15.5 Å². The maximum absolute atomic E-state index is 13.0. The van der Waals surface area contributed by atoms with Gasteiger partial charge in [0.15, 0.2) is 0 Å². The number of piperidine rings is 2. The number of benzene rings is 1. The van der Waals surface area contributed by atoms with E-state index in [-0.39, 0.29) is 6.04 Å². The fraction of sp³-hybridized carbons (Fsp3) is 0.696. The van der Waals surface area contributed by atoms with E-state index in [4.69, 9.17) is 0 Å². The monoisotopic (exact) mass is 369 g/mol. The number of amides is 1. The number of aryl methyl sites for hydroxylation is 1. The molecule has 1 spiro atoms. The summed E-state index contributed by atoms with van der Waals surface area (Å²) in [7, 11) is 0. The van der Waals surface area contributed by atoms with Crippen molar-refractivity contribution in [1.29, 1.82) is 0 Å². The summed E-state index contributed by atoms with van der Waals surface area (Å²) in [5.74, 6) is 1.17. The molecule has 1 atom stereocenters. The van der Waals surface area contributed by atoms with Gasteiger partial charge in [0, 0.05) is 19.6 Å². The Labute approximate surface area is 164 Å². The second kappa shape index (κ2) is 8.74. The molecule has 3 saturated heterocycles. The van der Waals surface area contributed by atoms with E-state index in [1.165, 1.54) is 50.5 Å². The summed E-state index contributed by atoms with van der Waals surface area (Å²) in [5, 5.41) is 7.01. The van der Waals surface area contributed by atoms with Crippen molar-refractivity contribution < 1.29 is 4.79 Å². The molecule has 1 unspecified atom stereocenters. The van der Waals surface area contributed by atoms with Crippen LogP contribution in [0.5, 0.6) is 0 Å². The molecule has 1 aromatic rings. The smallest absolute Gasteiger partial charge is 0.239 e. The molecule has 4 nitrogen and oxygen atoms in total. The minimum absolute atomic E-state index is 0.0673. The van der Waals surface area contributed by atoms with Gasteiger partial charge in [-0.3, -0.25) is 4.79 Å². The highest BCUT2D eigenvalue weighted by Crippen LogP contribution is 2.38. The Hall–Kier alpha value is -1.39. The lowest BCUT2D eigenvalue weighted by atomic mass is 9.77. The van der Waals surface area contributed by atoms with Gasteiger partial charge in [0.25, 0.3) is 0 Å². The Morgan fingerprint density at radius 2 is 1.85 bits per heavy atom. The van der Waals surface area contributed by atoms with Crippen LogP contribution in [0.4, 0.5) is 0 Å². The summed E-state index contributed by atoms with van der Waals surface area (Å²) in [5.41, 5.74) is 1.82. The number of carbonyl (C=O) groups excluding carboxylic acids is 1. The zero-order chi connectivity index (χ0) is 18.5. The summed E-state index contributed by atoms with van der Waals surface area (Å²) in [4.78, 5) is 15.1. The van der Waals surface area contributed by atoms with Crippen LogP contribution in [0, 0.1) is 11.3 Å². The molecule has 27 heavy (non-hydrogen) atoms. The Kier molecular flexibility index (Phi) is 6.14. The highest BCUT2D eigenvalue weighted by molar-refractivity contribution is 5.82. The van der Waals surface area contributed by atoms with Crippen molar-refractivity contribution in [2.75, 3.05) is 32.7 Å². The third-order valence-electron chi connectivity index (χ3n) is 7.17. The predicted octanol–water partition coefficient (Wildman–Crippen LogP) is 2.98. The van der Waals surface area contributed by atoms with Gasteiger partial charge in [0.1, 0.15) is 0 Å². The van der Waals surface area contributed by atoms with Crippen LogP contribution >= 0.6 is 0 Å². The Balaban J connectivity index is 1.18. The zero-order valence-electron chi connectivity index (χ0n) is 16.6. The minimum Gasteiger partial charge on any atom is -0.341 e. The lowest BCUT2D eigenvalue weighted by Crippen LogP contribution is -2.47. The largest absolute Gasteiger partial charge is 0.341 e. The predicted molar refractivity (Wildman–Crippen MR) is 110 cm³/mol. The first-order chi connectivity index (χ1) is 13.2. The van der Waals surface area contributed by atoms with Crippen LogP contribution < -0.4 is 10.6 Å². The van der Waals surface area contributed by atoms with Crippen LogP contribution in [-0.4, -0.2) is 49.6 Å². The van der Waals surface area contributed by atoms with E-state index in [1.807, 2.05) is 0 Å². The normalized spacial score (nSPS) is 25.8. The van der Waals surface area contributed by atoms with E-state index < -0.39 is 0 Å². The van der Waals surface area contributed by atoms with E-state index in [2.05, 4.69) is 45.9 Å². The molecule has 1 amide bonds. The number of nitrogens with zero attached hydrogens (tertiary/aromatic N) is 1. The zero-order valence-corrected chi connectivity index (χ0v) is 16.6. The van der Waals surface area contributed by atoms with E-state index in [0.29, 0.717) is 11.3 Å². The Morgan fingerprint density at radius 1 is 1.11 bits per heavy atom. The van der Waals surface area contributed by atoms with Crippen molar-refractivity contribution in [2.45, 2.75) is 57.4 Å². The highest BCUT2D eigenvalue weighted by Gasteiger charge is 2.43. The van der Waals surface area contributed by atoms with Crippen molar-refractivity contribution in [2.24, 2.45) is 11.3 Å². The molecule has 0 aromatic heterocycles. The van der Waals surface area contributed by atoms with Crippen LogP contribution in [0.1, 0.15) is 50.5 Å². The van der Waals surface area contributed by atoms with Gasteiger partial charge in [-0.25, -0.2) is 0 Å². The lowest BCUT2D eigenvalue weighted by Gasteiger charge is -2.35. The quantitative estimate of drug-likeness (QED) is 0.839. The number of hydrogen-bond acceptors (Lipinski definition) is 3. The standard InChI is InChI=1S/C23H35N3O/c27-22(21-17-23(18-25-21)11-13-24-14-12-23)26-15-9-20(10-16-26)8-4-7-19-5-2-1-3-6-19/h1-3,5-6,20-21,24-25H,4,7-18H2. The summed E-state index contributed by atoms with van der Waals surface area (Å²) in [6.07, 6.45) is 9.59. The average molecular weight is 370 g/mol. The van der Waals surface area contributed by atoms with Gasteiger partial charge in [-0.2, -0.15) is 0 Å². The molecule has 0 saturated carbocycles. The maximum Gasteiger partial charge on any atom is 0.239 e. The van der Waals surface area contributed by atoms with Crippen LogP contribution in [0.2, 0.25) is 0 Å². The molecule has 4 heteroatoms. The third kappa shape index (κ3) is 4.72. The summed E-state index contributed by atoms with van der Waals surface area (Å²) < 4.78 is 0. The summed E-state index contributed by atoms with van der Waals surface area (Å²) >= 11 is 0. The third-order valence-corrected chi connectivity index (χ3v) is 7.17. The van der Waals surface area contributed by atoms with Crippen molar-refractivity contribution in [3.63, 3.8) is 0 Å². The van der Waals surface area contributed by atoms with Crippen LogP contribution in [-0.2, 0) is 11.2 Å². The molecular weight excluding hydrogens is 334 g/mol. The van der Waals surface area contributed by atoms with Gasteiger partial charge in [-0.15, -0.1) is 0 Å². The van der Waals surface area contributed by atoms with Gasteiger partial charge >= 0.3 is 0 Å². The maximum atomic E-state index is 13.0. The molecule has 4 rings (SSSR count). The first-order valence-electron chi connectivity index (χ1n) is 11.0. The van der Waals surface area contributed by atoms with E-state index in [0.717, 1.165) is 45.1 Å². The van der Waals surface area contributed by atoms with Crippen molar-refractivity contribution >= 4 is 5.91 Å². The molecule has 1 aromatic carbocycles. The van der Waals surface area contributed by atoms with Crippen molar-refractivity contribution in [3.8, 4) is 0 Å². The molecule has 0 radical (unpaired) electrons. The van der Waals surface area contributed by atoms with Crippen LogP contribution in [0.15, 0.2) is 30.3 Å². The number of rotatable bonds is 5. The molecule has 0 aliphatic carbocycles. The molecule has 3 aliphatic heterocycles. The Bertz CT molecular complexity index is 603. The number of hydrogen-bond donors (Lipinski definition) is 2. The van der Waals surface area contributed by atoms with Gasteiger partial charge in [0.2, 0.25) is 5.91 Å². The second-order valence-corrected chi connectivity index (χ2v) is 9.03. The molecule has 3 fully saturated rings. The van der Waals surface area contributed by atoms with Crippen LogP contribution in [0.25, 0.3) is 0 Å². The molecule has 148 valence electrons. The fourth-order valence-corrected chi connectivity index (χ4v) is 5.33. The van der Waals surface area contributed by atoms with Crippen LogP contribution in [0.3, 0.4) is 0 Å². The number of likely N-dealkylation sites (tertiary alicyclic amines) is 1. The average Bonchev–Trinajstić information content (AvgIpc) is 3.12. The lowest BCUT2D eigenvalue weighted by molar-refractivity contribution is -0.134. The first kappa shape index (κ1) is 18.9. The first-order valence-corrected chi connectivity index (χ1v) is 11.0. The van der Waals surface area contributed by atoms with E-state index in [1.54, 1.807) is 0 Å². The SMILES string of the molecule is O=C(C1CC2(CCNCC2)CN1)N1CCC(CCCc2ccccc2)CC1. The molecule has 2 N–H and O–H groups in total. The summed E-state index contributed by atoms with van der Waals surface area (Å²) in [6, 6.07) is 10.9. The van der Waals surface area contributed by atoms with Crippen molar-refractivity contribution in [3.05, 3.63) is 35.9 Å². The summed E-state index contributed by atoms with van der Waals surface area (Å²) in [6.45, 7) is 5.16. The second-order valence-electron chi connectivity index (χ2n) is 9.03. The fourth-order valence-electron chi connectivity index (χ4n) is 5.33. The van der Waals surface area contributed by atoms with Gasteiger partial charge in [0.05, 0.1) is 6.04 Å². The van der Waals surface area contributed by atoms with Gasteiger partial charge in [-0.1, -0.05) is 30.3 Å². The Morgan fingerprint density at radius 3 is 2.59 bits per heavy atom. The number of carbonyl (C=O) groups is 1. The molecular formula is C23H35N3O. The molecule has 3 heterocycles. The van der Waals surface area contributed by atoms with E-state index in [9.17, 15) is 4.79 Å².